The van der Waals surface area contributed by atoms with E-state index in [1.807, 2.05) is 0 Å². The molecule has 3 aromatic rings. The van der Waals surface area contributed by atoms with E-state index in [1.165, 1.54) is 6.21 Å². The summed E-state index contributed by atoms with van der Waals surface area (Å²) in [7, 11) is 0. The second-order valence-corrected chi connectivity index (χ2v) is 8.02. The highest BCUT2D eigenvalue weighted by atomic mass is 127. The number of aliphatic carboxylic acids is 1. The maximum atomic E-state index is 12.3. The van der Waals surface area contributed by atoms with Gasteiger partial charge in [-0.3, -0.25) is 4.79 Å². The topological polar surface area (TPSA) is 101 Å². The number of hydrogen-bond acceptors (Lipinski definition) is 5. The predicted molar refractivity (Wildman–Crippen MR) is 116 cm³/mol. The maximum absolute atomic E-state index is 12.3. The Labute approximate surface area is 186 Å². The number of hydrazone groups is 1. The number of carboxylic acid groups (broad SMARTS) is 1. The van der Waals surface area contributed by atoms with E-state index in [2.05, 4.69) is 49.0 Å². The second kappa shape index (κ2) is 8.93. The van der Waals surface area contributed by atoms with Crippen molar-refractivity contribution in [2.24, 2.45) is 5.10 Å². The fraction of sp³-hybridized carbons (Fsp3) is 0.0556. The molecule has 0 saturated carbocycles. The molecule has 0 spiro atoms. The van der Waals surface area contributed by atoms with Gasteiger partial charge in [0.15, 0.2) is 12.4 Å². The number of amides is 1. The van der Waals surface area contributed by atoms with Crippen molar-refractivity contribution >= 4 is 79.2 Å². The van der Waals surface area contributed by atoms with E-state index < -0.39 is 18.5 Å². The van der Waals surface area contributed by atoms with Gasteiger partial charge < -0.3 is 14.3 Å². The van der Waals surface area contributed by atoms with Crippen LogP contribution in [0.2, 0.25) is 5.02 Å². The molecule has 1 amide bonds. The molecule has 0 atom stereocenters. The van der Waals surface area contributed by atoms with Crippen LogP contribution in [0.15, 0.2) is 50.4 Å². The minimum atomic E-state index is -1.10. The lowest BCUT2D eigenvalue weighted by molar-refractivity contribution is -0.139. The molecule has 1 heterocycles. The number of rotatable bonds is 6. The van der Waals surface area contributed by atoms with Crippen LogP contribution in [0.25, 0.3) is 11.0 Å². The number of carbonyl (C=O) groups is 2. The molecule has 144 valence electrons. The van der Waals surface area contributed by atoms with Crippen LogP contribution in [0, 0.1) is 3.57 Å². The van der Waals surface area contributed by atoms with E-state index in [1.54, 1.807) is 36.4 Å². The summed E-state index contributed by atoms with van der Waals surface area (Å²) in [5, 5.41) is 14.0. The summed E-state index contributed by atoms with van der Waals surface area (Å²) in [6.45, 7) is -0.506. The monoisotopic (exact) mass is 576 g/mol. The van der Waals surface area contributed by atoms with Gasteiger partial charge in [-0.15, -0.1) is 0 Å². The standard InChI is InChI=1S/C18H11BrClIN2O5/c19-13-6-12(21)4-10(17(13)27-8-16(24)25)7-22-23-18(26)15-5-9-3-11(20)1-2-14(9)28-15/h1-7H,8H2,(H,23,26)(H,24,25)/b22-7+. The molecular formula is C18H11BrClIN2O5. The first-order valence-electron chi connectivity index (χ1n) is 7.69. The molecule has 3 rings (SSSR count). The van der Waals surface area contributed by atoms with E-state index >= 15 is 0 Å². The van der Waals surface area contributed by atoms with Crippen molar-refractivity contribution in [1.29, 1.82) is 0 Å². The van der Waals surface area contributed by atoms with Gasteiger partial charge in [-0.05, 0) is 74.9 Å². The normalized spacial score (nSPS) is 11.1. The van der Waals surface area contributed by atoms with E-state index in [0.29, 0.717) is 31.8 Å². The number of nitrogens with zero attached hydrogens (tertiary/aromatic N) is 1. The van der Waals surface area contributed by atoms with Crippen LogP contribution in [-0.2, 0) is 4.79 Å². The Morgan fingerprint density at radius 1 is 1.32 bits per heavy atom. The number of hydrogen-bond donors (Lipinski definition) is 2. The van der Waals surface area contributed by atoms with E-state index in [-0.39, 0.29) is 5.76 Å². The molecule has 28 heavy (non-hydrogen) atoms. The molecule has 7 nitrogen and oxygen atoms in total. The van der Waals surface area contributed by atoms with E-state index in [4.69, 9.17) is 25.9 Å². The summed E-state index contributed by atoms with van der Waals surface area (Å²) >= 11 is 11.4. The van der Waals surface area contributed by atoms with Crippen molar-refractivity contribution in [2.45, 2.75) is 0 Å². The largest absolute Gasteiger partial charge is 0.480 e. The third-order valence-corrected chi connectivity index (χ3v) is 4.90. The van der Waals surface area contributed by atoms with Crippen LogP contribution in [0.1, 0.15) is 16.1 Å². The van der Waals surface area contributed by atoms with Crippen molar-refractivity contribution in [3.05, 3.63) is 60.8 Å². The average Bonchev–Trinajstić information content (AvgIpc) is 3.03. The van der Waals surface area contributed by atoms with Crippen LogP contribution in [-0.4, -0.2) is 29.8 Å². The molecule has 0 fully saturated rings. The smallest absolute Gasteiger partial charge is 0.341 e. The summed E-state index contributed by atoms with van der Waals surface area (Å²) in [5.74, 6) is -1.26. The fourth-order valence-electron chi connectivity index (χ4n) is 2.30. The van der Waals surface area contributed by atoms with Crippen molar-refractivity contribution in [3.63, 3.8) is 0 Å². The Kier molecular flexibility index (Phi) is 6.57. The van der Waals surface area contributed by atoms with Crippen molar-refractivity contribution < 1.29 is 23.8 Å². The average molecular weight is 578 g/mol. The van der Waals surface area contributed by atoms with Gasteiger partial charge in [0.1, 0.15) is 11.3 Å². The number of carbonyl (C=O) groups excluding carboxylic acids is 1. The zero-order chi connectivity index (χ0) is 20.3. The predicted octanol–water partition coefficient (Wildman–Crippen LogP) is 4.68. The summed E-state index contributed by atoms with van der Waals surface area (Å²) in [4.78, 5) is 23.0. The van der Waals surface area contributed by atoms with Gasteiger partial charge >= 0.3 is 11.9 Å². The van der Waals surface area contributed by atoms with Gasteiger partial charge in [0.2, 0.25) is 0 Å². The molecule has 0 aliphatic rings. The highest BCUT2D eigenvalue weighted by Gasteiger charge is 2.13. The molecule has 2 N–H and O–H groups in total. The number of benzene rings is 2. The minimum Gasteiger partial charge on any atom is -0.480 e. The number of carboxylic acids is 1. The van der Waals surface area contributed by atoms with Crippen molar-refractivity contribution in [1.82, 2.24) is 5.43 Å². The van der Waals surface area contributed by atoms with Gasteiger partial charge in [-0.25, -0.2) is 10.2 Å². The Hall–Kier alpha value is -2.11. The summed E-state index contributed by atoms with van der Waals surface area (Å²) in [5.41, 5.74) is 3.40. The SMILES string of the molecule is O=C(O)COc1c(Br)cc(I)cc1/C=N/NC(=O)c1cc2cc(Cl)ccc2o1. The Balaban J connectivity index is 1.77. The number of nitrogens with one attached hydrogen (secondary N) is 1. The number of furan rings is 1. The first kappa shape index (κ1) is 20.6. The molecule has 0 unspecified atom stereocenters. The van der Waals surface area contributed by atoms with E-state index in [0.717, 1.165) is 3.57 Å². The Bertz CT molecular complexity index is 1100. The maximum Gasteiger partial charge on any atom is 0.341 e. The summed E-state index contributed by atoms with van der Waals surface area (Å²) in [6, 6.07) is 10.1. The molecular weight excluding hydrogens is 566 g/mol. The molecule has 0 aliphatic carbocycles. The van der Waals surface area contributed by atoms with Gasteiger partial charge in [0, 0.05) is 19.5 Å². The lowest BCUT2D eigenvalue weighted by atomic mass is 10.2. The van der Waals surface area contributed by atoms with Crippen LogP contribution >= 0.6 is 50.1 Å². The summed E-state index contributed by atoms with van der Waals surface area (Å²) in [6.07, 6.45) is 1.36. The Morgan fingerprint density at radius 2 is 2.11 bits per heavy atom. The first-order valence-corrected chi connectivity index (χ1v) is 9.94. The van der Waals surface area contributed by atoms with Crippen molar-refractivity contribution in [2.75, 3.05) is 6.61 Å². The highest BCUT2D eigenvalue weighted by molar-refractivity contribution is 14.1. The third kappa shape index (κ3) is 5.03. The number of halogens is 3. The first-order chi connectivity index (χ1) is 13.3. The molecule has 1 aromatic heterocycles. The quantitative estimate of drug-likeness (QED) is 0.252. The number of fused-ring (bicyclic) bond motifs is 1. The lowest BCUT2D eigenvalue weighted by Gasteiger charge is -2.10. The molecule has 0 bridgehead atoms. The van der Waals surface area contributed by atoms with Gasteiger partial charge in [0.25, 0.3) is 0 Å². The molecule has 0 saturated heterocycles. The van der Waals surface area contributed by atoms with Gasteiger partial charge in [-0.2, -0.15) is 5.10 Å². The fourth-order valence-corrected chi connectivity index (χ4v) is 4.15. The molecule has 10 heteroatoms. The summed E-state index contributed by atoms with van der Waals surface area (Å²) < 4.78 is 12.2. The lowest BCUT2D eigenvalue weighted by Crippen LogP contribution is -2.17. The zero-order valence-electron chi connectivity index (χ0n) is 13.9. The van der Waals surface area contributed by atoms with Crippen LogP contribution in [0.5, 0.6) is 5.75 Å². The third-order valence-electron chi connectivity index (χ3n) is 3.45. The molecule has 0 aliphatic heterocycles. The van der Waals surface area contributed by atoms with Gasteiger partial charge in [0.05, 0.1) is 10.7 Å². The van der Waals surface area contributed by atoms with E-state index in [9.17, 15) is 9.59 Å². The van der Waals surface area contributed by atoms with Crippen LogP contribution < -0.4 is 10.2 Å². The zero-order valence-corrected chi connectivity index (χ0v) is 18.4. The second-order valence-electron chi connectivity index (χ2n) is 5.48. The molecule has 0 radical (unpaired) electrons. The number of ether oxygens (including phenoxy) is 1. The van der Waals surface area contributed by atoms with Crippen LogP contribution in [0.4, 0.5) is 0 Å². The Morgan fingerprint density at radius 3 is 2.86 bits per heavy atom. The van der Waals surface area contributed by atoms with Gasteiger partial charge in [-0.1, -0.05) is 11.6 Å². The van der Waals surface area contributed by atoms with Crippen molar-refractivity contribution in [3.8, 4) is 5.75 Å². The highest BCUT2D eigenvalue weighted by Crippen LogP contribution is 2.30. The molecule has 2 aromatic carbocycles. The minimum absolute atomic E-state index is 0.0839. The van der Waals surface area contributed by atoms with Crippen LogP contribution in [0.3, 0.4) is 0 Å².